The molecule has 0 spiro atoms. The molecule has 3 rings (SSSR count). The molecule has 2 amide bonds. The number of carboxylic acids is 1. The number of ether oxygens (including phenoxy) is 3. The van der Waals surface area contributed by atoms with Crippen molar-refractivity contribution >= 4 is 41.0 Å². The van der Waals surface area contributed by atoms with E-state index < -0.39 is 36.0 Å². The third kappa shape index (κ3) is 9.39. The molecule has 0 saturated carbocycles. The van der Waals surface area contributed by atoms with E-state index in [1.807, 2.05) is 0 Å². The van der Waals surface area contributed by atoms with Crippen molar-refractivity contribution in [3.63, 3.8) is 0 Å². The van der Waals surface area contributed by atoms with Crippen LogP contribution >= 0.6 is 23.2 Å². The fraction of sp³-hybridized carbons (Fsp3) is 0.464. The number of unbranched alkanes of at least 4 members (excludes halogenated alkanes) is 4. The van der Waals surface area contributed by atoms with E-state index in [9.17, 15) is 19.5 Å². The van der Waals surface area contributed by atoms with E-state index in [1.165, 1.54) is 0 Å². The molecule has 1 heterocycles. The lowest BCUT2D eigenvalue weighted by Gasteiger charge is -2.20. The predicted molar refractivity (Wildman–Crippen MR) is 147 cm³/mol. The van der Waals surface area contributed by atoms with Crippen molar-refractivity contribution in [2.45, 2.75) is 70.3 Å². The Balaban J connectivity index is 1.51. The molecule has 11 heteroatoms. The molecule has 0 aliphatic carbocycles. The van der Waals surface area contributed by atoms with Crippen LogP contribution in [0.25, 0.3) is 0 Å². The number of aliphatic carboxylic acids is 1. The zero-order valence-corrected chi connectivity index (χ0v) is 23.3. The molecule has 1 aliphatic rings. The lowest BCUT2D eigenvalue weighted by atomic mass is 10.0. The normalized spacial score (nSPS) is 17.4. The summed E-state index contributed by atoms with van der Waals surface area (Å²) in [7, 11) is 0. The first-order chi connectivity index (χ1) is 18.8. The summed E-state index contributed by atoms with van der Waals surface area (Å²) < 4.78 is 16.4. The van der Waals surface area contributed by atoms with Gasteiger partial charge in [0.2, 0.25) is 0 Å². The number of carboxylic acid groups (broad SMARTS) is 1. The topological polar surface area (TPSA) is 123 Å². The molecule has 39 heavy (non-hydrogen) atoms. The van der Waals surface area contributed by atoms with Crippen molar-refractivity contribution in [2.24, 2.45) is 0 Å². The van der Waals surface area contributed by atoms with E-state index in [0.717, 1.165) is 32.1 Å². The van der Waals surface area contributed by atoms with Gasteiger partial charge in [0.05, 0.1) is 0 Å². The van der Waals surface area contributed by atoms with Crippen molar-refractivity contribution < 1.29 is 33.7 Å². The minimum absolute atomic E-state index is 0.0138. The summed E-state index contributed by atoms with van der Waals surface area (Å²) in [6.07, 6.45) is 2.85. The summed E-state index contributed by atoms with van der Waals surface area (Å²) >= 11 is 12.3. The quantitative estimate of drug-likeness (QED) is 0.265. The van der Waals surface area contributed by atoms with Gasteiger partial charge in [-0.25, -0.2) is 4.79 Å². The van der Waals surface area contributed by atoms with Crippen LogP contribution < -0.4 is 15.4 Å². The number of benzene rings is 2. The smallest absolute Gasteiger partial charge is 0.326 e. The molecular formula is C28H34Cl2N2O7. The van der Waals surface area contributed by atoms with E-state index in [-0.39, 0.29) is 19.8 Å². The SMILES string of the molecule is CCCCCCCNC(=O)[C@@H]1OCO[C@H]1C(=O)NC(Cc1ccc(OCc2c(Cl)cccc2Cl)cc1)C(=O)O. The minimum atomic E-state index is -1.24. The van der Waals surface area contributed by atoms with Gasteiger partial charge in [-0.05, 0) is 36.2 Å². The number of carbonyl (C=O) groups is 3. The Labute approximate surface area is 238 Å². The third-order valence-corrected chi connectivity index (χ3v) is 7.00. The Hall–Kier alpha value is -2.85. The zero-order valence-electron chi connectivity index (χ0n) is 21.8. The molecule has 9 nitrogen and oxygen atoms in total. The van der Waals surface area contributed by atoms with Crippen molar-refractivity contribution in [3.8, 4) is 5.75 Å². The Kier molecular flexibility index (Phi) is 12.3. The van der Waals surface area contributed by atoms with E-state index in [1.54, 1.807) is 42.5 Å². The van der Waals surface area contributed by atoms with Crippen molar-refractivity contribution in [1.29, 1.82) is 0 Å². The van der Waals surface area contributed by atoms with Crippen LogP contribution in [0.5, 0.6) is 5.75 Å². The molecule has 1 fully saturated rings. The van der Waals surface area contributed by atoms with E-state index in [0.29, 0.717) is 33.5 Å². The Morgan fingerprint density at radius 2 is 1.62 bits per heavy atom. The maximum absolute atomic E-state index is 12.8. The fourth-order valence-electron chi connectivity index (χ4n) is 4.06. The lowest BCUT2D eigenvalue weighted by Crippen LogP contribution is -2.52. The van der Waals surface area contributed by atoms with Crippen LogP contribution in [0.4, 0.5) is 0 Å². The molecule has 2 aromatic carbocycles. The molecule has 0 aromatic heterocycles. The molecular weight excluding hydrogens is 547 g/mol. The van der Waals surface area contributed by atoms with Gasteiger partial charge in [0.15, 0.2) is 12.2 Å². The molecule has 212 valence electrons. The second kappa shape index (κ2) is 15.7. The van der Waals surface area contributed by atoms with Gasteiger partial charge in [-0.2, -0.15) is 0 Å². The molecule has 0 radical (unpaired) electrons. The number of hydrogen-bond acceptors (Lipinski definition) is 6. The fourth-order valence-corrected chi connectivity index (χ4v) is 4.57. The van der Waals surface area contributed by atoms with Gasteiger partial charge in [0.25, 0.3) is 11.8 Å². The van der Waals surface area contributed by atoms with E-state index in [2.05, 4.69) is 17.6 Å². The summed E-state index contributed by atoms with van der Waals surface area (Å²) in [4.78, 5) is 37.3. The molecule has 0 bridgehead atoms. The minimum Gasteiger partial charge on any atom is -0.489 e. The maximum Gasteiger partial charge on any atom is 0.326 e. The highest BCUT2D eigenvalue weighted by Crippen LogP contribution is 2.26. The van der Waals surface area contributed by atoms with Crippen molar-refractivity contribution in [1.82, 2.24) is 10.6 Å². The molecule has 1 unspecified atom stereocenters. The molecule has 3 N–H and O–H groups in total. The van der Waals surface area contributed by atoms with Crippen LogP contribution in [0.15, 0.2) is 42.5 Å². The Morgan fingerprint density at radius 1 is 0.974 bits per heavy atom. The van der Waals surface area contributed by atoms with Crippen LogP contribution in [0, 0.1) is 0 Å². The lowest BCUT2D eigenvalue weighted by molar-refractivity contribution is -0.144. The summed E-state index contributed by atoms with van der Waals surface area (Å²) in [6.45, 7) is 2.54. The number of carbonyl (C=O) groups excluding carboxylic acids is 2. The summed E-state index contributed by atoms with van der Waals surface area (Å²) in [6, 6.07) is 10.8. The maximum atomic E-state index is 12.8. The Bertz CT molecular complexity index is 1090. The van der Waals surface area contributed by atoms with Crippen LogP contribution in [0.1, 0.15) is 50.2 Å². The molecule has 2 aromatic rings. The first kappa shape index (κ1) is 30.7. The predicted octanol–water partition coefficient (Wildman–Crippen LogP) is 4.51. The summed E-state index contributed by atoms with van der Waals surface area (Å²) in [5.74, 6) is -1.85. The average Bonchev–Trinajstić information content (AvgIpc) is 3.41. The highest BCUT2D eigenvalue weighted by atomic mass is 35.5. The van der Waals surface area contributed by atoms with Gasteiger partial charge in [-0.15, -0.1) is 0 Å². The zero-order chi connectivity index (χ0) is 28.2. The monoisotopic (exact) mass is 580 g/mol. The van der Waals surface area contributed by atoms with Crippen molar-refractivity contribution in [3.05, 3.63) is 63.6 Å². The first-order valence-electron chi connectivity index (χ1n) is 13.0. The van der Waals surface area contributed by atoms with Crippen LogP contribution in [0.2, 0.25) is 10.0 Å². The van der Waals surface area contributed by atoms with Crippen LogP contribution in [0.3, 0.4) is 0 Å². The number of hydrogen-bond donors (Lipinski definition) is 3. The van der Waals surface area contributed by atoms with Gasteiger partial charge in [-0.1, -0.05) is 74.0 Å². The Morgan fingerprint density at radius 3 is 2.26 bits per heavy atom. The summed E-state index contributed by atoms with van der Waals surface area (Å²) in [5, 5.41) is 15.9. The first-order valence-corrected chi connectivity index (χ1v) is 13.7. The third-order valence-electron chi connectivity index (χ3n) is 6.29. The van der Waals surface area contributed by atoms with Crippen LogP contribution in [-0.2, 0) is 36.9 Å². The van der Waals surface area contributed by atoms with Gasteiger partial charge in [0, 0.05) is 28.6 Å². The second-order valence-corrected chi connectivity index (χ2v) is 10.0. The summed E-state index contributed by atoms with van der Waals surface area (Å²) in [5.41, 5.74) is 1.32. The van der Waals surface area contributed by atoms with Gasteiger partial charge in [-0.3, -0.25) is 9.59 Å². The van der Waals surface area contributed by atoms with Gasteiger partial charge < -0.3 is 30.0 Å². The van der Waals surface area contributed by atoms with Crippen molar-refractivity contribution in [2.75, 3.05) is 13.3 Å². The number of nitrogens with one attached hydrogen (secondary N) is 2. The second-order valence-electron chi connectivity index (χ2n) is 9.23. The number of rotatable bonds is 15. The van der Waals surface area contributed by atoms with Gasteiger partial charge >= 0.3 is 5.97 Å². The highest BCUT2D eigenvalue weighted by Gasteiger charge is 2.41. The number of amides is 2. The van der Waals surface area contributed by atoms with E-state index in [4.69, 9.17) is 37.4 Å². The van der Waals surface area contributed by atoms with Crippen LogP contribution in [-0.4, -0.2) is 54.5 Å². The van der Waals surface area contributed by atoms with E-state index >= 15 is 0 Å². The number of halogens is 2. The molecule has 1 saturated heterocycles. The highest BCUT2D eigenvalue weighted by molar-refractivity contribution is 6.35. The average molecular weight is 581 g/mol. The molecule has 1 aliphatic heterocycles. The standard InChI is InChI=1S/C28H34Cl2N2O7/c1-2-3-4-5-6-14-31-26(33)24-25(39-17-38-24)27(34)32-23(28(35)36)15-18-10-12-19(13-11-18)37-16-20-21(29)8-7-9-22(20)30/h7-13,23-25H,2-6,14-17H2,1H3,(H,31,33)(H,32,34)(H,35,36)/t23?,24-,25-/m1/s1. The van der Waals surface area contributed by atoms with Gasteiger partial charge in [0.1, 0.15) is 25.2 Å². The molecule has 3 atom stereocenters. The largest absolute Gasteiger partial charge is 0.489 e.